The lowest BCUT2D eigenvalue weighted by molar-refractivity contribution is -0.431. The van der Waals surface area contributed by atoms with Crippen LogP contribution in [0.3, 0.4) is 0 Å². The minimum atomic E-state index is -0.0332. The Kier molecular flexibility index (Phi) is 5.82. The number of hydrogen-bond acceptors (Lipinski definition) is 4. The molecule has 0 aliphatic rings. The SMILES string of the molecule is [NH3+]C(Cc1ccccc1)c1nnc(SCC=Cc2ccccc2)o1. The Morgan fingerprint density at radius 2 is 1.71 bits per heavy atom. The molecule has 24 heavy (non-hydrogen) atoms. The van der Waals surface area contributed by atoms with E-state index in [9.17, 15) is 0 Å². The van der Waals surface area contributed by atoms with Gasteiger partial charge >= 0.3 is 0 Å². The monoisotopic (exact) mass is 338 g/mol. The summed E-state index contributed by atoms with van der Waals surface area (Å²) >= 11 is 1.53. The van der Waals surface area contributed by atoms with Crippen molar-refractivity contribution in [1.29, 1.82) is 0 Å². The van der Waals surface area contributed by atoms with Crippen molar-refractivity contribution in [2.45, 2.75) is 17.7 Å². The summed E-state index contributed by atoms with van der Waals surface area (Å²) in [6.45, 7) is 0. The Bertz CT molecular complexity index is 772. The molecule has 2 aromatic carbocycles. The molecule has 0 amide bonds. The van der Waals surface area contributed by atoms with Crippen molar-refractivity contribution in [3.63, 3.8) is 0 Å². The third-order valence-electron chi connectivity index (χ3n) is 3.51. The Hall–Kier alpha value is -2.37. The fourth-order valence-electron chi connectivity index (χ4n) is 2.30. The van der Waals surface area contributed by atoms with Crippen molar-refractivity contribution in [2.24, 2.45) is 0 Å². The van der Waals surface area contributed by atoms with Gasteiger partial charge < -0.3 is 10.2 Å². The van der Waals surface area contributed by atoms with Crippen LogP contribution in [0, 0.1) is 0 Å². The average Bonchev–Trinajstić information content (AvgIpc) is 3.10. The van der Waals surface area contributed by atoms with Gasteiger partial charge in [-0.2, -0.15) is 0 Å². The molecular formula is C19H20N3OS+. The van der Waals surface area contributed by atoms with E-state index >= 15 is 0 Å². The lowest BCUT2D eigenvalue weighted by Gasteiger charge is -2.03. The molecule has 1 aromatic heterocycles. The maximum atomic E-state index is 5.71. The minimum Gasteiger partial charge on any atom is -0.410 e. The van der Waals surface area contributed by atoms with Gasteiger partial charge in [0.15, 0.2) is 6.04 Å². The molecule has 4 nitrogen and oxygen atoms in total. The van der Waals surface area contributed by atoms with Gasteiger partial charge in [-0.15, -0.1) is 10.2 Å². The van der Waals surface area contributed by atoms with E-state index in [1.165, 1.54) is 22.9 Å². The van der Waals surface area contributed by atoms with Gasteiger partial charge in [-0.3, -0.25) is 0 Å². The maximum Gasteiger partial charge on any atom is 0.277 e. The van der Waals surface area contributed by atoms with Gasteiger partial charge in [0.25, 0.3) is 11.1 Å². The number of thioether (sulfide) groups is 1. The zero-order valence-corrected chi connectivity index (χ0v) is 14.2. The van der Waals surface area contributed by atoms with Gasteiger partial charge in [0.05, 0.1) is 0 Å². The third kappa shape index (κ3) is 4.81. The van der Waals surface area contributed by atoms with Gasteiger partial charge in [0.2, 0.25) is 0 Å². The highest BCUT2D eigenvalue weighted by molar-refractivity contribution is 7.99. The summed E-state index contributed by atoms with van der Waals surface area (Å²) in [5, 5.41) is 8.81. The summed E-state index contributed by atoms with van der Waals surface area (Å²) in [6, 6.07) is 20.4. The van der Waals surface area contributed by atoms with E-state index in [0.717, 1.165) is 12.2 Å². The van der Waals surface area contributed by atoms with Gasteiger partial charge in [0, 0.05) is 12.2 Å². The Morgan fingerprint density at radius 1 is 1.00 bits per heavy atom. The summed E-state index contributed by atoms with van der Waals surface area (Å²) < 4.78 is 5.71. The van der Waals surface area contributed by atoms with Crippen molar-refractivity contribution in [1.82, 2.24) is 10.2 Å². The molecule has 0 saturated heterocycles. The Morgan fingerprint density at radius 3 is 2.46 bits per heavy atom. The molecule has 122 valence electrons. The fraction of sp³-hybridized carbons (Fsp3) is 0.158. The van der Waals surface area contributed by atoms with E-state index in [1.807, 2.05) is 36.4 Å². The van der Waals surface area contributed by atoms with Crippen LogP contribution >= 0.6 is 11.8 Å². The zero-order valence-electron chi connectivity index (χ0n) is 13.3. The van der Waals surface area contributed by atoms with Gasteiger partial charge in [0.1, 0.15) is 0 Å². The number of quaternary nitrogens is 1. The Balaban J connectivity index is 1.51. The summed E-state index contributed by atoms with van der Waals surface area (Å²) in [7, 11) is 0. The molecule has 3 N–H and O–H groups in total. The average molecular weight is 338 g/mol. The largest absolute Gasteiger partial charge is 0.410 e. The third-order valence-corrected chi connectivity index (χ3v) is 4.28. The summed E-state index contributed by atoms with van der Waals surface area (Å²) in [4.78, 5) is 0. The van der Waals surface area contributed by atoms with Crippen LogP contribution in [0.25, 0.3) is 6.08 Å². The second kappa shape index (κ2) is 8.47. The van der Waals surface area contributed by atoms with Crippen molar-refractivity contribution in [3.05, 3.63) is 83.8 Å². The van der Waals surface area contributed by atoms with Crippen LogP contribution in [0.4, 0.5) is 0 Å². The number of benzene rings is 2. The first-order valence-corrected chi connectivity index (χ1v) is 8.84. The van der Waals surface area contributed by atoms with Crippen molar-refractivity contribution < 1.29 is 10.2 Å². The van der Waals surface area contributed by atoms with Crippen LogP contribution in [0.2, 0.25) is 0 Å². The van der Waals surface area contributed by atoms with Crippen LogP contribution < -0.4 is 5.73 Å². The lowest BCUT2D eigenvalue weighted by Crippen LogP contribution is -2.54. The van der Waals surface area contributed by atoms with E-state index in [1.54, 1.807) is 0 Å². The van der Waals surface area contributed by atoms with Gasteiger partial charge in [-0.1, -0.05) is 84.6 Å². The normalized spacial score (nSPS) is 12.5. The molecule has 0 aliphatic carbocycles. The van der Waals surface area contributed by atoms with Crippen molar-refractivity contribution in [3.8, 4) is 0 Å². The number of nitrogens with zero attached hydrogens (tertiary/aromatic N) is 2. The fourth-order valence-corrected chi connectivity index (χ4v) is 2.88. The zero-order chi connectivity index (χ0) is 16.6. The summed E-state index contributed by atoms with van der Waals surface area (Å²) in [5.41, 5.74) is 6.54. The molecule has 0 fully saturated rings. The van der Waals surface area contributed by atoms with E-state index in [2.05, 4.69) is 52.3 Å². The topological polar surface area (TPSA) is 66.6 Å². The first-order valence-electron chi connectivity index (χ1n) is 7.86. The molecule has 0 aliphatic heterocycles. The second-order valence-corrected chi connectivity index (χ2v) is 6.39. The van der Waals surface area contributed by atoms with Crippen LogP contribution in [0.15, 0.2) is 76.4 Å². The van der Waals surface area contributed by atoms with Crippen LogP contribution in [0.1, 0.15) is 23.1 Å². The van der Waals surface area contributed by atoms with Gasteiger partial charge in [-0.05, 0) is 11.1 Å². The number of hydrogen-bond donors (Lipinski definition) is 1. The van der Waals surface area contributed by atoms with Gasteiger partial charge in [-0.25, -0.2) is 0 Å². The summed E-state index contributed by atoms with van der Waals surface area (Å²) in [5.74, 6) is 1.38. The molecule has 1 unspecified atom stereocenters. The number of rotatable bonds is 7. The highest BCUT2D eigenvalue weighted by atomic mass is 32.2. The smallest absolute Gasteiger partial charge is 0.277 e. The van der Waals surface area contributed by atoms with Crippen LogP contribution in [-0.4, -0.2) is 16.0 Å². The molecule has 0 radical (unpaired) electrons. The van der Waals surface area contributed by atoms with E-state index in [4.69, 9.17) is 4.42 Å². The standard InChI is InChI=1S/C19H19N3OS/c20-17(14-16-10-5-2-6-11-16)18-21-22-19(23-18)24-13-7-12-15-8-3-1-4-9-15/h1-12,17H,13-14,20H2/p+1. The van der Waals surface area contributed by atoms with E-state index < -0.39 is 0 Å². The number of aromatic nitrogens is 2. The second-order valence-electron chi connectivity index (χ2n) is 5.42. The van der Waals surface area contributed by atoms with E-state index in [-0.39, 0.29) is 6.04 Å². The van der Waals surface area contributed by atoms with Crippen LogP contribution in [0.5, 0.6) is 0 Å². The molecule has 0 saturated carbocycles. The molecule has 0 spiro atoms. The summed E-state index contributed by atoms with van der Waals surface area (Å²) in [6.07, 6.45) is 4.97. The molecule has 5 heteroatoms. The predicted molar refractivity (Wildman–Crippen MR) is 96.3 cm³/mol. The van der Waals surface area contributed by atoms with E-state index in [0.29, 0.717) is 11.1 Å². The first kappa shape index (κ1) is 16.5. The molecule has 1 atom stereocenters. The Labute approximate surface area is 145 Å². The minimum absolute atomic E-state index is 0.0332. The maximum absolute atomic E-state index is 5.71. The van der Waals surface area contributed by atoms with Crippen molar-refractivity contribution in [2.75, 3.05) is 5.75 Å². The van der Waals surface area contributed by atoms with Crippen LogP contribution in [-0.2, 0) is 6.42 Å². The molecule has 3 rings (SSSR count). The predicted octanol–water partition coefficient (Wildman–Crippen LogP) is 3.40. The quantitative estimate of drug-likeness (QED) is 0.671. The lowest BCUT2D eigenvalue weighted by atomic mass is 10.1. The first-order chi connectivity index (χ1) is 11.8. The highest BCUT2D eigenvalue weighted by Gasteiger charge is 2.18. The highest BCUT2D eigenvalue weighted by Crippen LogP contribution is 2.20. The molecular weight excluding hydrogens is 318 g/mol. The van der Waals surface area contributed by atoms with Crippen molar-refractivity contribution >= 4 is 17.8 Å². The molecule has 0 bridgehead atoms. The molecule has 3 aromatic rings. The molecule has 1 heterocycles.